The van der Waals surface area contributed by atoms with Crippen molar-refractivity contribution in [3.8, 4) is 0 Å². The largest absolute Gasteiger partial charge is 0.378 e. The van der Waals surface area contributed by atoms with Gasteiger partial charge in [0.25, 0.3) is 5.69 Å². The summed E-state index contributed by atoms with van der Waals surface area (Å²) in [6.07, 6.45) is 2.51. The number of aromatic nitrogens is 2. The van der Waals surface area contributed by atoms with Gasteiger partial charge < -0.3 is 19.3 Å². The van der Waals surface area contributed by atoms with E-state index in [1.165, 1.54) is 12.3 Å². The summed E-state index contributed by atoms with van der Waals surface area (Å²) < 4.78 is 24.7. The minimum atomic E-state index is -0.522. The molecule has 164 valence electrons. The van der Waals surface area contributed by atoms with E-state index in [0.717, 1.165) is 6.20 Å². The van der Waals surface area contributed by atoms with Crippen molar-refractivity contribution in [2.75, 3.05) is 67.8 Å². The van der Waals surface area contributed by atoms with Gasteiger partial charge >= 0.3 is 0 Å². The van der Waals surface area contributed by atoms with E-state index in [1.54, 1.807) is 17.0 Å². The highest BCUT2D eigenvalue weighted by Gasteiger charge is 2.22. The van der Waals surface area contributed by atoms with E-state index >= 15 is 0 Å². The number of morpholine rings is 2. The van der Waals surface area contributed by atoms with Crippen LogP contribution in [0.4, 0.5) is 27.5 Å². The quantitative estimate of drug-likeness (QED) is 0.414. The van der Waals surface area contributed by atoms with Crippen molar-refractivity contribution < 1.29 is 18.8 Å². The van der Waals surface area contributed by atoms with E-state index in [0.29, 0.717) is 63.9 Å². The number of nitrogens with one attached hydrogen (secondary N) is 1. The van der Waals surface area contributed by atoms with Crippen LogP contribution in [0.3, 0.4) is 0 Å². The van der Waals surface area contributed by atoms with E-state index < -0.39 is 10.7 Å². The monoisotopic (exact) mass is 431 g/mol. The molecule has 0 radical (unpaired) electrons. The van der Waals surface area contributed by atoms with Crippen LogP contribution in [-0.2, 0) is 9.47 Å². The summed E-state index contributed by atoms with van der Waals surface area (Å²) in [6.45, 7) is 4.36. The van der Waals surface area contributed by atoms with Gasteiger partial charge in [-0.3, -0.25) is 10.1 Å². The molecule has 2 aromatic rings. The van der Waals surface area contributed by atoms with Gasteiger partial charge in [-0.2, -0.15) is 10.1 Å². The van der Waals surface area contributed by atoms with Crippen LogP contribution < -0.4 is 15.2 Å². The molecule has 2 aliphatic heterocycles. The van der Waals surface area contributed by atoms with Gasteiger partial charge in [0.05, 0.1) is 43.8 Å². The summed E-state index contributed by atoms with van der Waals surface area (Å²) in [5.41, 5.74) is 3.74. The third kappa shape index (κ3) is 5.03. The first-order valence-electron chi connectivity index (χ1n) is 9.87. The molecule has 3 heterocycles. The van der Waals surface area contributed by atoms with Crippen molar-refractivity contribution in [2.24, 2.45) is 5.10 Å². The Bertz CT molecular complexity index is 962. The number of anilines is 3. The van der Waals surface area contributed by atoms with Crippen molar-refractivity contribution in [2.45, 2.75) is 0 Å². The van der Waals surface area contributed by atoms with Crippen LogP contribution in [0.2, 0.25) is 0 Å². The highest BCUT2D eigenvalue weighted by molar-refractivity contribution is 5.83. The lowest BCUT2D eigenvalue weighted by atomic mass is 10.1. The number of hydrogen-bond acceptors (Lipinski definition) is 10. The maximum absolute atomic E-state index is 14.1. The van der Waals surface area contributed by atoms with Crippen LogP contribution in [0.1, 0.15) is 5.56 Å². The van der Waals surface area contributed by atoms with E-state index in [1.807, 2.05) is 4.90 Å². The second-order valence-electron chi connectivity index (χ2n) is 6.94. The Kier molecular flexibility index (Phi) is 6.48. The molecule has 11 nitrogen and oxygen atoms in total. The third-order valence-electron chi connectivity index (χ3n) is 4.96. The zero-order chi connectivity index (χ0) is 21.6. The normalized spacial score (nSPS) is 17.2. The summed E-state index contributed by atoms with van der Waals surface area (Å²) in [5.74, 6) is -0.217. The predicted octanol–water partition coefficient (Wildman–Crippen LogP) is 1.64. The van der Waals surface area contributed by atoms with Crippen LogP contribution in [-0.4, -0.2) is 73.7 Å². The fourth-order valence-corrected chi connectivity index (χ4v) is 3.41. The van der Waals surface area contributed by atoms with Crippen LogP contribution in [0.5, 0.6) is 0 Å². The molecule has 1 N–H and O–H groups in total. The standard InChI is InChI=1S/C19H22FN7O4/c20-15-13-21-19(23-18(15)26-5-9-31-10-6-26)24-22-12-14-1-2-16(17(11-14)27(28)29)25-3-7-30-8-4-25/h1-2,11-13H,3-10H2,(H,21,23,24)/b22-12+. The van der Waals surface area contributed by atoms with Gasteiger partial charge in [-0.15, -0.1) is 0 Å². The van der Waals surface area contributed by atoms with Gasteiger partial charge in [-0.25, -0.2) is 14.8 Å². The molecule has 0 spiro atoms. The van der Waals surface area contributed by atoms with E-state index in [9.17, 15) is 14.5 Å². The number of ether oxygens (including phenoxy) is 2. The molecular weight excluding hydrogens is 409 g/mol. The summed E-state index contributed by atoms with van der Waals surface area (Å²) in [6, 6.07) is 4.91. The lowest BCUT2D eigenvalue weighted by molar-refractivity contribution is -0.384. The van der Waals surface area contributed by atoms with Gasteiger partial charge in [0.1, 0.15) is 5.69 Å². The predicted molar refractivity (Wildman–Crippen MR) is 112 cm³/mol. The number of halogens is 1. The average molecular weight is 431 g/mol. The minimum absolute atomic E-state index is 0.00140. The maximum atomic E-state index is 14.1. The van der Waals surface area contributed by atoms with Gasteiger partial charge in [0.15, 0.2) is 11.6 Å². The number of hydrazone groups is 1. The molecule has 0 aliphatic carbocycles. The highest BCUT2D eigenvalue weighted by atomic mass is 19.1. The second-order valence-corrected chi connectivity index (χ2v) is 6.94. The first-order chi connectivity index (χ1) is 15.1. The van der Waals surface area contributed by atoms with Crippen molar-refractivity contribution in [3.05, 3.63) is 45.9 Å². The maximum Gasteiger partial charge on any atom is 0.293 e. The Morgan fingerprint density at radius 1 is 1.13 bits per heavy atom. The number of nitro groups is 1. The lowest BCUT2D eigenvalue weighted by Gasteiger charge is -2.28. The first-order valence-corrected chi connectivity index (χ1v) is 9.87. The molecule has 2 fully saturated rings. The number of nitro benzene ring substituents is 1. The summed E-state index contributed by atoms with van der Waals surface area (Å²) in [7, 11) is 0. The summed E-state index contributed by atoms with van der Waals surface area (Å²) in [5, 5.41) is 15.6. The van der Waals surface area contributed by atoms with Gasteiger partial charge in [0.2, 0.25) is 5.95 Å². The smallest absolute Gasteiger partial charge is 0.293 e. The Labute approximate surface area is 177 Å². The average Bonchev–Trinajstić information content (AvgIpc) is 2.81. The molecule has 2 aliphatic rings. The molecule has 0 amide bonds. The molecule has 2 saturated heterocycles. The lowest BCUT2D eigenvalue weighted by Crippen LogP contribution is -2.37. The summed E-state index contributed by atoms with van der Waals surface area (Å²) in [4.78, 5) is 22.9. The SMILES string of the molecule is O=[N+]([O-])c1cc(/C=N/Nc2ncc(F)c(N3CCOCC3)n2)ccc1N1CCOCC1. The van der Waals surface area contributed by atoms with Crippen molar-refractivity contribution in [1.29, 1.82) is 0 Å². The zero-order valence-electron chi connectivity index (χ0n) is 16.7. The Morgan fingerprint density at radius 2 is 1.81 bits per heavy atom. The number of nitrogens with zero attached hydrogens (tertiary/aromatic N) is 6. The number of hydrogen-bond donors (Lipinski definition) is 1. The van der Waals surface area contributed by atoms with Crippen molar-refractivity contribution in [1.82, 2.24) is 9.97 Å². The topological polar surface area (TPSA) is 118 Å². The van der Waals surface area contributed by atoms with Crippen LogP contribution in [0, 0.1) is 15.9 Å². The molecule has 4 rings (SSSR count). The molecule has 12 heteroatoms. The van der Waals surface area contributed by atoms with E-state index in [-0.39, 0.29) is 17.5 Å². The van der Waals surface area contributed by atoms with Gasteiger partial charge in [-0.05, 0) is 6.07 Å². The molecular formula is C19H22FN7O4. The minimum Gasteiger partial charge on any atom is -0.378 e. The molecule has 0 bridgehead atoms. The summed E-state index contributed by atoms with van der Waals surface area (Å²) >= 11 is 0. The van der Waals surface area contributed by atoms with Gasteiger partial charge in [0, 0.05) is 37.8 Å². The Hall–Kier alpha value is -3.38. The van der Waals surface area contributed by atoms with Crippen molar-refractivity contribution in [3.63, 3.8) is 0 Å². The number of rotatable bonds is 6. The Morgan fingerprint density at radius 3 is 2.48 bits per heavy atom. The van der Waals surface area contributed by atoms with Crippen LogP contribution >= 0.6 is 0 Å². The van der Waals surface area contributed by atoms with Crippen LogP contribution in [0.25, 0.3) is 0 Å². The van der Waals surface area contributed by atoms with E-state index in [4.69, 9.17) is 9.47 Å². The zero-order valence-corrected chi connectivity index (χ0v) is 16.7. The fourth-order valence-electron chi connectivity index (χ4n) is 3.41. The molecule has 1 aromatic carbocycles. The number of benzene rings is 1. The molecule has 0 unspecified atom stereocenters. The molecule has 0 saturated carbocycles. The molecule has 0 atom stereocenters. The Balaban J connectivity index is 1.47. The van der Waals surface area contributed by atoms with Gasteiger partial charge in [-0.1, -0.05) is 6.07 Å². The first kappa shape index (κ1) is 20.9. The highest BCUT2D eigenvalue weighted by Crippen LogP contribution is 2.29. The molecule has 31 heavy (non-hydrogen) atoms. The second kappa shape index (κ2) is 9.62. The third-order valence-corrected chi connectivity index (χ3v) is 4.96. The molecule has 1 aromatic heterocycles. The van der Waals surface area contributed by atoms with Crippen molar-refractivity contribution >= 4 is 29.4 Å². The fraction of sp³-hybridized carbons (Fsp3) is 0.421. The van der Waals surface area contributed by atoms with Crippen LogP contribution in [0.15, 0.2) is 29.5 Å². The van der Waals surface area contributed by atoms with E-state index in [2.05, 4.69) is 20.5 Å².